The van der Waals surface area contributed by atoms with E-state index in [0.29, 0.717) is 17.4 Å². The van der Waals surface area contributed by atoms with Crippen molar-refractivity contribution in [1.82, 2.24) is 20.1 Å². The van der Waals surface area contributed by atoms with Crippen LogP contribution in [0.5, 0.6) is 0 Å². The molecular formula is C10H8N4O. The lowest BCUT2D eigenvalue weighted by atomic mass is 10.3. The summed E-state index contributed by atoms with van der Waals surface area (Å²) in [6, 6.07) is 5.79. The van der Waals surface area contributed by atoms with Gasteiger partial charge < -0.3 is 9.51 Å². The van der Waals surface area contributed by atoms with Crippen molar-refractivity contribution in [3.05, 3.63) is 30.2 Å². The van der Waals surface area contributed by atoms with Gasteiger partial charge in [-0.25, -0.2) is 4.98 Å². The number of hydrogen-bond acceptors (Lipinski definition) is 4. The zero-order chi connectivity index (χ0) is 10.3. The van der Waals surface area contributed by atoms with Crippen LogP contribution in [0.25, 0.3) is 22.6 Å². The molecule has 0 atom stereocenters. The molecule has 0 amide bonds. The van der Waals surface area contributed by atoms with Gasteiger partial charge in [-0.3, -0.25) is 0 Å². The van der Waals surface area contributed by atoms with Gasteiger partial charge in [-0.05, 0) is 25.1 Å². The predicted molar refractivity (Wildman–Crippen MR) is 54.1 cm³/mol. The van der Waals surface area contributed by atoms with Crippen molar-refractivity contribution in [3.8, 4) is 11.6 Å². The largest absolute Gasteiger partial charge is 0.346 e. The van der Waals surface area contributed by atoms with Crippen LogP contribution in [0.15, 0.2) is 28.9 Å². The summed E-state index contributed by atoms with van der Waals surface area (Å²) >= 11 is 0. The van der Waals surface area contributed by atoms with Crippen LogP contribution < -0.4 is 0 Å². The molecule has 3 heterocycles. The Morgan fingerprint density at radius 3 is 2.93 bits per heavy atom. The first-order valence-electron chi connectivity index (χ1n) is 4.58. The van der Waals surface area contributed by atoms with E-state index in [2.05, 4.69) is 20.1 Å². The standard InChI is InChI=1S/C10H8N4O/c1-6-12-10(15-14-6)8-3-2-7-4-5-11-9(7)13-8/h2-5H,1H3,(H,11,13). The van der Waals surface area contributed by atoms with Crippen molar-refractivity contribution in [3.63, 3.8) is 0 Å². The Bertz CT molecular complexity index is 610. The Kier molecular flexibility index (Phi) is 1.58. The van der Waals surface area contributed by atoms with Crippen LogP contribution >= 0.6 is 0 Å². The molecule has 5 nitrogen and oxygen atoms in total. The molecule has 0 aliphatic heterocycles. The fourth-order valence-corrected chi connectivity index (χ4v) is 1.45. The van der Waals surface area contributed by atoms with Gasteiger partial charge in [-0.2, -0.15) is 4.98 Å². The minimum atomic E-state index is 0.448. The molecule has 0 bridgehead atoms. The van der Waals surface area contributed by atoms with E-state index in [1.807, 2.05) is 24.4 Å². The number of aromatic amines is 1. The minimum absolute atomic E-state index is 0.448. The summed E-state index contributed by atoms with van der Waals surface area (Å²) in [7, 11) is 0. The van der Waals surface area contributed by atoms with E-state index in [1.165, 1.54) is 0 Å². The zero-order valence-corrected chi connectivity index (χ0v) is 8.06. The number of rotatable bonds is 1. The Balaban J connectivity index is 2.18. The second kappa shape index (κ2) is 2.91. The molecule has 74 valence electrons. The van der Waals surface area contributed by atoms with Gasteiger partial charge in [0.05, 0.1) is 0 Å². The van der Waals surface area contributed by atoms with Crippen molar-refractivity contribution in [2.24, 2.45) is 0 Å². The van der Waals surface area contributed by atoms with Gasteiger partial charge in [0, 0.05) is 11.6 Å². The highest BCUT2D eigenvalue weighted by Crippen LogP contribution is 2.18. The average Bonchev–Trinajstić information content (AvgIpc) is 2.84. The summed E-state index contributed by atoms with van der Waals surface area (Å²) in [5.41, 5.74) is 1.51. The van der Waals surface area contributed by atoms with Crippen molar-refractivity contribution in [1.29, 1.82) is 0 Å². The van der Waals surface area contributed by atoms with E-state index in [9.17, 15) is 0 Å². The van der Waals surface area contributed by atoms with Gasteiger partial charge >= 0.3 is 0 Å². The van der Waals surface area contributed by atoms with Crippen LogP contribution in [0.1, 0.15) is 5.82 Å². The summed E-state index contributed by atoms with van der Waals surface area (Å²) in [5, 5.41) is 4.79. The quantitative estimate of drug-likeness (QED) is 0.651. The molecule has 15 heavy (non-hydrogen) atoms. The van der Waals surface area contributed by atoms with Crippen LogP contribution in [0.2, 0.25) is 0 Å². The van der Waals surface area contributed by atoms with Gasteiger partial charge in [0.1, 0.15) is 11.3 Å². The number of aromatic nitrogens is 4. The molecule has 0 unspecified atom stereocenters. The van der Waals surface area contributed by atoms with E-state index < -0.39 is 0 Å². The Morgan fingerprint density at radius 2 is 2.13 bits per heavy atom. The first-order chi connectivity index (χ1) is 7.33. The van der Waals surface area contributed by atoms with Crippen molar-refractivity contribution < 1.29 is 4.52 Å². The number of fused-ring (bicyclic) bond motifs is 1. The van der Waals surface area contributed by atoms with Gasteiger partial charge in [-0.15, -0.1) is 0 Å². The average molecular weight is 200 g/mol. The lowest BCUT2D eigenvalue weighted by Gasteiger charge is -1.93. The molecular weight excluding hydrogens is 192 g/mol. The lowest BCUT2D eigenvalue weighted by molar-refractivity contribution is 0.424. The highest BCUT2D eigenvalue weighted by atomic mass is 16.5. The number of pyridine rings is 1. The molecule has 1 N–H and O–H groups in total. The summed E-state index contributed by atoms with van der Waals surface area (Å²) in [6.45, 7) is 1.78. The van der Waals surface area contributed by atoms with Crippen LogP contribution in [0.4, 0.5) is 0 Å². The molecule has 0 saturated heterocycles. The second-order valence-electron chi connectivity index (χ2n) is 3.26. The fourth-order valence-electron chi connectivity index (χ4n) is 1.45. The molecule has 0 aromatic carbocycles. The molecule has 0 saturated carbocycles. The monoisotopic (exact) mass is 200 g/mol. The van der Waals surface area contributed by atoms with Gasteiger partial charge in [0.25, 0.3) is 5.89 Å². The van der Waals surface area contributed by atoms with Gasteiger partial charge in [-0.1, -0.05) is 5.16 Å². The Morgan fingerprint density at radius 1 is 1.20 bits per heavy atom. The van der Waals surface area contributed by atoms with Crippen LogP contribution in [0, 0.1) is 6.92 Å². The normalized spacial score (nSPS) is 11.0. The molecule has 0 aliphatic rings. The van der Waals surface area contributed by atoms with E-state index in [4.69, 9.17) is 4.52 Å². The third-order valence-electron chi connectivity index (χ3n) is 2.16. The van der Waals surface area contributed by atoms with Crippen LogP contribution in [-0.2, 0) is 0 Å². The number of aryl methyl sites for hydroxylation is 1. The summed E-state index contributed by atoms with van der Waals surface area (Å²) in [4.78, 5) is 11.5. The second-order valence-corrected chi connectivity index (χ2v) is 3.26. The third kappa shape index (κ3) is 1.28. The van der Waals surface area contributed by atoms with Crippen molar-refractivity contribution >= 4 is 11.0 Å². The molecule has 0 spiro atoms. The molecule has 3 aromatic rings. The highest BCUT2D eigenvalue weighted by molar-refractivity contribution is 5.77. The number of hydrogen-bond donors (Lipinski definition) is 1. The van der Waals surface area contributed by atoms with E-state index in [1.54, 1.807) is 6.92 Å². The van der Waals surface area contributed by atoms with Gasteiger partial charge in [0.15, 0.2) is 5.82 Å². The van der Waals surface area contributed by atoms with Crippen LogP contribution in [0.3, 0.4) is 0 Å². The summed E-state index contributed by atoms with van der Waals surface area (Å²) < 4.78 is 5.04. The molecule has 0 aliphatic carbocycles. The van der Waals surface area contributed by atoms with Crippen molar-refractivity contribution in [2.75, 3.05) is 0 Å². The maximum Gasteiger partial charge on any atom is 0.276 e. The summed E-state index contributed by atoms with van der Waals surface area (Å²) in [6.07, 6.45) is 1.85. The minimum Gasteiger partial charge on any atom is -0.346 e. The predicted octanol–water partition coefficient (Wildman–Crippen LogP) is 1.92. The first kappa shape index (κ1) is 8.16. The number of nitrogens with zero attached hydrogens (tertiary/aromatic N) is 3. The molecule has 3 rings (SSSR count). The van der Waals surface area contributed by atoms with E-state index in [-0.39, 0.29) is 0 Å². The van der Waals surface area contributed by atoms with Crippen molar-refractivity contribution in [2.45, 2.75) is 6.92 Å². The Labute approximate surface area is 85.1 Å². The fraction of sp³-hybridized carbons (Fsp3) is 0.100. The van der Waals surface area contributed by atoms with Gasteiger partial charge in [0.2, 0.25) is 0 Å². The SMILES string of the molecule is Cc1noc(-c2ccc3cc[nH]c3n2)n1. The zero-order valence-electron chi connectivity index (χ0n) is 8.06. The number of nitrogens with one attached hydrogen (secondary N) is 1. The lowest BCUT2D eigenvalue weighted by Crippen LogP contribution is -1.84. The molecule has 3 aromatic heterocycles. The van der Waals surface area contributed by atoms with Crippen LogP contribution in [-0.4, -0.2) is 20.1 Å². The topological polar surface area (TPSA) is 67.6 Å². The maximum atomic E-state index is 5.04. The van der Waals surface area contributed by atoms with E-state index in [0.717, 1.165) is 11.0 Å². The maximum absolute atomic E-state index is 5.04. The third-order valence-corrected chi connectivity index (χ3v) is 2.16. The molecule has 0 fully saturated rings. The highest BCUT2D eigenvalue weighted by Gasteiger charge is 2.08. The molecule has 5 heteroatoms. The molecule has 0 radical (unpaired) electrons. The first-order valence-corrected chi connectivity index (χ1v) is 4.58. The smallest absolute Gasteiger partial charge is 0.276 e. The Hall–Kier alpha value is -2.17. The number of H-pyrrole nitrogens is 1. The summed E-state index contributed by atoms with van der Waals surface area (Å²) in [5.74, 6) is 1.06. The van der Waals surface area contributed by atoms with E-state index >= 15 is 0 Å².